The van der Waals surface area contributed by atoms with Crippen LogP contribution in [-0.2, 0) is 4.74 Å². The van der Waals surface area contributed by atoms with Crippen LogP contribution in [0.4, 0.5) is 0 Å². The van der Waals surface area contributed by atoms with E-state index < -0.39 is 8.07 Å². The maximum Gasteiger partial charge on any atom is 0.0862 e. The maximum atomic E-state index is 6.42. The molecular weight excluding hydrogens is 320 g/mol. The molecule has 0 saturated carbocycles. The number of benzene rings is 2. The molecule has 0 aliphatic carbocycles. The minimum absolute atomic E-state index is 0.371. The number of hydrogen-bond acceptors (Lipinski definition) is 1. The Labute approximate surface area is 154 Å². The van der Waals surface area contributed by atoms with Crippen molar-refractivity contribution in [2.24, 2.45) is 0 Å². The van der Waals surface area contributed by atoms with Crippen LogP contribution in [0.5, 0.6) is 0 Å². The van der Waals surface area contributed by atoms with E-state index in [1.165, 1.54) is 24.8 Å². The molecule has 0 spiro atoms. The summed E-state index contributed by atoms with van der Waals surface area (Å²) < 4.78 is 6.42. The molecule has 3 rings (SSSR count). The normalized spacial score (nSPS) is 22.0. The monoisotopic (exact) mass is 352 g/mol. The molecule has 1 heterocycles. The van der Waals surface area contributed by atoms with Crippen LogP contribution in [-0.4, -0.2) is 20.8 Å². The number of rotatable bonds is 7. The summed E-state index contributed by atoms with van der Waals surface area (Å²) in [6, 6.07) is 22.3. The quantitative estimate of drug-likeness (QED) is 0.578. The Hall–Kier alpha value is -1.38. The van der Waals surface area contributed by atoms with E-state index in [9.17, 15) is 0 Å². The van der Waals surface area contributed by atoms with E-state index in [-0.39, 0.29) is 0 Å². The average molecular weight is 353 g/mol. The Kier molecular flexibility index (Phi) is 6.13. The Morgan fingerprint density at radius 1 is 1.00 bits per heavy atom. The first-order valence-corrected chi connectivity index (χ1v) is 12.9. The Morgan fingerprint density at radius 2 is 1.64 bits per heavy atom. The molecule has 1 saturated heterocycles. The Morgan fingerprint density at radius 3 is 2.28 bits per heavy atom. The molecule has 3 atom stereocenters. The highest BCUT2D eigenvalue weighted by molar-refractivity contribution is 6.91. The van der Waals surface area contributed by atoms with E-state index in [0.29, 0.717) is 17.6 Å². The van der Waals surface area contributed by atoms with Crippen LogP contribution in [0.15, 0.2) is 60.7 Å². The van der Waals surface area contributed by atoms with Crippen molar-refractivity contribution in [3.63, 3.8) is 0 Å². The predicted octanol–water partition coefficient (Wildman–Crippen LogP) is 5.74. The number of unbranched alkanes of at least 4 members (excludes halogenated alkanes) is 1. The molecule has 1 fully saturated rings. The molecule has 0 radical (unpaired) electrons. The highest BCUT2D eigenvalue weighted by Gasteiger charge is 2.44. The summed E-state index contributed by atoms with van der Waals surface area (Å²) in [5, 5.41) is 1.57. The molecule has 1 nitrogen and oxygen atoms in total. The first-order chi connectivity index (χ1) is 12.1. The predicted molar refractivity (Wildman–Crippen MR) is 110 cm³/mol. The summed E-state index contributed by atoms with van der Waals surface area (Å²) in [4.78, 5) is 0. The highest BCUT2D eigenvalue weighted by atomic mass is 28.3. The largest absolute Gasteiger partial charge is 0.378 e. The summed E-state index contributed by atoms with van der Waals surface area (Å²) in [5.41, 5.74) is 2.13. The molecule has 0 aromatic heterocycles. The second-order valence-electron chi connectivity index (χ2n) is 7.98. The molecule has 0 amide bonds. The minimum Gasteiger partial charge on any atom is -0.378 e. The van der Waals surface area contributed by atoms with Gasteiger partial charge in [0, 0.05) is 12.5 Å². The zero-order chi connectivity index (χ0) is 17.7. The molecule has 2 aromatic rings. The van der Waals surface area contributed by atoms with Crippen molar-refractivity contribution in [1.29, 1.82) is 0 Å². The smallest absolute Gasteiger partial charge is 0.0862 e. The van der Waals surface area contributed by atoms with Gasteiger partial charge in [-0.25, -0.2) is 0 Å². The van der Waals surface area contributed by atoms with Crippen LogP contribution in [0.25, 0.3) is 0 Å². The maximum absolute atomic E-state index is 6.42. The van der Waals surface area contributed by atoms with Gasteiger partial charge in [0.25, 0.3) is 0 Å². The van der Waals surface area contributed by atoms with Gasteiger partial charge >= 0.3 is 0 Å². The second-order valence-corrected chi connectivity index (χ2v) is 12.7. The Bertz CT molecular complexity index is 638. The van der Waals surface area contributed by atoms with Gasteiger partial charge in [-0.3, -0.25) is 0 Å². The van der Waals surface area contributed by atoms with E-state index in [0.717, 1.165) is 13.0 Å². The molecular formula is C23H32OSi. The topological polar surface area (TPSA) is 9.23 Å². The van der Waals surface area contributed by atoms with Gasteiger partial charge in [0.15, 0.2) is 0 Å². The van der Waals surface area contributed by atoms with Crippen molar-refractivity contribution < 1.29 is 4.74 Å². The van der Waals surface area contributed by atoms with E-state index in [4.69, 9.17) is 4.74 Å². The van der Waals surface area contributed by atoms with Crippen LogP contribution in [0.1, 0.15) is 44.1 Å². The van der Waals surface area contributed by atoms with Gasteiger partial charge in [0.05, 0.1) is 14.2 Å². The minimum atomic E-state index is -1.61. The van der Waals surface area contributed by atoms with Gasteiger partial charge in [0.1, 0.15) is 0 Å². The summed E-state index contributed by atoms with van der Waals surface area (Å²) in [7, 11) is -1.61. The zero-order valence-electron chi connectivity index (χ0n) is 15.9. The molecule has 2 aromatic carbocycles. The van der Waals surface area contributed by atoms with Crippen LogP contribution in [0.3, 0.4) is 0 Å². The van der Waals surface area contributed by atoms with Crippen LogP contribution >= 0.6 is 0 Å². The SMILES string of the molecule is CCCC[C@@H]([C@@H]1OCCC1c1ccccc1)[Si](C)(C)c1ccccc1. The number of ether oxygens (including phenoxy) is 1. The summed E-state index contributed by atoms with van der Waals surface area (Å²) in [6.45, 7) is 8.31. The van der Waals surface area contributed by atoms with Gasteiger partial charge in [-0.2, -0.15) is 0 Å². The summed E-state index contributed by atoms with van der Waals surface area (Å²) >= 11 is 0. The van der Waals surface area contributed by atoms with E-state index >= 15 is 0 Å². The zero-order valence-corrected chi connectivity index (χ0v) is 16.9. The van der Waals surface area contributed by atoms with Gasteiger partial charge in [-0.1, -0.05) is 105 Å². The third-order valence-corrected chi connectivity index (χ3v) is 10.4. The van der Waals surface area contributed by atoms with Gasteiger partial charge in [-0.05, 0) is 17.5 Å². The first kappa shape index (κ1) is 18.4. The van der Waals surface area contributed by atoms with E-state index in [2.05, 4.69) is 80.7 Å². The average Bonchev–Trinajstić information content (AvgIpc) is 3.13. The molecule has 1 aliphatic heterocycles. The van der Waals surface area contributed by atoms with Crippen molar-refractivity contribution in [3.8, 4) is 0 Å². The van der Waals surface area contributed by atoms with Crippen molar-refractivity contribution in [1.82, 2.24) is 0 Å². The van der Waals surface area contributed by atoms with Crippen molar-refractivity contribution in [3.05, 3.63) is 66.2 Å². The van der Waals surface area contributed by atoms with Crippen molar-refractivity contribution in [2.75, 3.05) is 6.61 Å². The lowest BCUT2D eigenvalue weighted by molar-refractivity contribution is 0.0927. The second kappa shape index (κ2) is 8.33. The van der Waals surface area contributed by atoms with Crippen LogP contribution < -0.4 is 5.19 Å². The van der Waals surface area contributed by atoms with Crippen molar-refractivity contribution in [2.45, 2.75) is 63.3 Å². The Balaban J connectivity index is 1.92. The standard InChI is InChI=1S/C23H32OSi/c1-4-5-16-22(25(2,3)20-14-10-7-11-15-20)23-21(17-18-24-23)19-12-8-6-9-13-19/h6-15,21-23H,4-5,16-18H2,1-3H3/t21?,22-,23+/m0/s1. The van der Waals surface area contributed by atoms with E-state index in [1.807, 2.05) is 0 Å². The third-order valence-electron chi connectivity index (χ3n) is 6.07. The molecule has 25 heavy (non-hydrogen) atoms. The molecule has 1 aliphatic rings. The third kappa shape index (κ3) is 4.07. The van der Waals surface area contributed by atoms with Crippen LogP contribution in [0, 0.1) is 0 Å². The lowest BCUT2D eigenvalue weighted by Crippen LogP contribution is -2.50. The molecule has 0 N–H and O–H groups in total. The first-order valence-electron chi connectivity index (χ1n) is 9.86. The number of hydrogen-bond donors (Lipinski definition) is 0. The summed E-state index contributed by atoms with van der Waals surface area (Å²) in [6.07, 6.45) is 5.39. The van der Waals surface area contributed by atoms with Gasteiger partial charge in [0.2, 0.25) is 0 Å². The highest BCUT2D eigenvalue weighted by Crippen LogP contribution is 2.44. The fourth-order valence-corrected chi connectivity index (χ4v) is 8.06. The fourth-order valence-electron chi connectivity index (χ4n) is 4.51. The van der Waals surface area contributed by atoms with Gasteiger partial charge in [-0.15, -0.1) is 0 Å². The molecule has 134 valence electrons. The lowest BCUT2D eigenvalue weighted by Gasteiger charge is -2.39. The fraction of sp³-hybridized carbons (Fsp3) is 0.478. The van der Waals surface area contributed by atoms with Crippen molar-refractivity contribution >= 4 is 13.3 Å². The molecule has 0 bridgehead atoms. The molecule has 2 heteroatoms. The van der Waals surface area contributed by atoms with Gasteiger partial charge < -0.3 is 4.74 Å². The molecule has 1 unspecified atom stereocenters. The van der Waals surface area contributed by atoms with E-state index in [1.54, 1.807) is 5.19 Å². The van der Waals surface area contributed by atoms with Crippen LogP contribution in [0.2, 0.25) is 18.6 Å². The lowest BCUT2D eigenvalue weighted by atomic mass is 9.89. The summed E-state index contributed by atoms with van der Waals surface area (Å²) in [5.74, 6) is 0.554.